The van der Waals surface area contributed by atoms with Crippen LogP contribution < -0.4 is 0 Å². The fourth-order valence-electron chi connectivity index (χ4n) is 3.06. The van der Waals surface area contributed by atoms with E-state index in [9.17, 15) is 15.0 Å². The van der Waals surface area contributed by atoms with Crippen LogP contribution in [-0.2, 0) is 11.2 Å². The molecule has 1 aromatic rings. The minimum Gasteiger partial charge on any atom is -0.392 e. The number of hydrogen-bond acceptors (Lipinski definition) is 5. The maximum Gasteiger partial charge on any atom is 0.251 e. The Balaban J connectivity index is 1.44. The van der Waals surface area contributed by atoms with Crippen molar-refractivity contribution in [1.82, 2.24) is 14.8 Å². The van der Waals surface area contributed by atoms with Gasteiger partial charge in [0.1, 0.15) is 6.10 Å². The van der Waals surface area contributed by atoms with E-state index in [2.05, 4.69) is 9.88 Å². The number of nitrogens with zero attached hydrogens (tertiary/aromatic N) is 3. The number of pyridine rings is 1. The molecule has 0 spiro atoms. The molecule has 2 unspecified atom stereocenters. The first kappa shape index (κ1) is 16.4. The molecule has 23 heavy (non-hydrogen) atoms. The number of rotatable bonds is 6. The Morgan fingerprint density at radius 1 is 1.22 bits per heavy atom. The number of aliphatic hydroxyl groups is 2. The van der Waals surface area contributed by atoms with E-state index in [0.717, 1.165) is 31.6 Å². The number of amides is 1. The summed E-state index contributed by atoms with van der Waals surface area (Å²) >= 11 is 0. The summed E-state index contributed by atoms with van der Waals surface area (Å²) in [6.45, 7) is 3.42. The molecule has 2 aliphatic rings. The first-order valence-electron chi connectivity index (χ1n) is 8.40. The minimum absolute atomic E-state index is 0.224. The molecule has 0 radical (unpaired) electrons. The maximum absolute atomic E-state index is 12.3. The first-order chi connectivity index (χ1) is 11.1. The Kier molecular flexibility index (Phi) is 5.25. The largest absolute Gasteiger partial charge is 0.392 e. The fraction of sp³-hybridized carbons (Fsp3) is 0.647. The molecule has 6 nitrogen and oxygen atoms in total. The van der Waals surface area contributed by atoms with Crippen LogP contribution in [0.1, 0.15) is 18.5 Å². The van der Waals surface area contributed by atoms with Crippen LogP contribution >= 0.6 is 0 Å². The molecule has 0 aromatic carbocycles. The highest BCUT2D eigenvalue weighted by atomic mass is 16.3. The molecule has 0 bridgehead atoms. The molecule has 1 saturated carbocycles. The lowest BCUT2D eigenvalue weighted by Crippen LogP contribution is -2.53. The van der Waals surface area contributed by atoms with E-state index < -0.39 is 6.10 Å². The van der Waals surface area contributed by atoms with Gasteiger partial charge in [-0.1, -0.05) is 6.07 Å². The number of hydrogen-bond donors (Lipinski definition) is 2. The zero-order valence-corrected chi connectivity index (χ0v) is 13.3. The summed E-state index contributed by atoms with van der Waals surface area (Å²) < 4.78 is 0. The molecule has 2 fully saturated rings. The number of aromatic nitrogens is 1. The molecular weight excluding hydrogens is 294 g/mol. The lowest BCUT2D eigenvalue weighted by molar-refractivity contribution is -0.142. The quantitative estimate of drug-likeness (QED) is 0.766. The molecule has 1 saturated heterocycles. The van der Waals surface area contributed by atoms with Crippen molar-refractivity contribution in [2.45, 2.75) is 31.5 Å². The summed E-state index contributed by atoms with van der Waals surface area (Å²) in [5.41, 5.74) is 0.722. The predicted octanol–water partition coefficient (Wildman–Crippen LogP) is -0.0999. The number of β-amino-alcohol motifs (C(OH)–C–C–N with tert-alkyl or cyclic N) is 1. The van der Waals surface area contributed by atoms with Crippen LogP contribution in [0.25, 0.3) is 0 Å². The van der Waals surface area contributed by atoms with E-state index in [4.69, 9.17) is 0 Å². The van der Waals surface area contributed by atoms with E-state index in [-0.39, 0.29) is 18.4 Å². The Hall–Kier alpha value is -1.50. The highest BCUT2D eigenvalue weighted by Crippen LogP contribution is 2.32. The number of aliphatic hydroxyl groups excluding tert-OH is 2. The van der Waals surface area contributed by atoms with Crippen LogP contribution in [0.5, 0.6) is 0 Å². The van der Waals surface area contributed by atoms with Crippen LogP contribution in [0.4, 0.5) is 0 Å². The van der Waals surface area contributed by atoms with Gasteiger partial charge in [-0.2, -0.15) is 0 Å². The van der Waals surface area contributed by atoms with Crippen LogP contribution in [0.3, 0.4) is 0 Å². The normalized spacial score (nSPS) is 21.9. The van der Waals surface area contributed by atoms with Gasteiger partial charge in [0, 0.05) is 51.0 Å². The monoisotopic (exact) mass is 319 g/mol. The van der Waals surface area contributed by atoms with Crippen molar-refractivity contribution in [1.29, 1.82) is 0 Å². The van der Waals surface area contributed by atoms with E-state index in [1.165, 1.54) is 0 Å². The third-order valence-electron chi connectivity index (χ3n) is 4.71. The molecule has 1 aliphatic carbocycles. The number of piperazine rings is 1. The summed E-state index contributed by atoms with van der Waals surface area (Å²) in [6.07, 6.45) is 2.93. The van der Waals surface area contributed by atoms with Gasteiger partial charge in [0.05, 0.1) is 6.10 Å². The molecular formula is C17H25N3O3. The van der Waals surface area contributed by atoms with Crippen molar-refractivity contribution in [3.05, 3.63) is 30.1 Å². The minimum atomic E-state index is -1.03. The molecule has 1 aliphatic heterocycles. The van der Waals surface area contributed by atoms with Gasteiger partial charge in [0.2, 0.25) is 0 Å². The van der Waals surface area contributed by atoms with Gasteiger partial charge in [0.25, 0.3) is 5.91 Å². The van der Waals surface area contributed by atoms with Gasteiger partial charge in [0.15, 0.2) is 0 Å². The second-order valence-corrected chi connectivity index (χ2v) is 6.57. The van der Waals surface area contributed by atoms with E-state index >= 15 is 0 Å². The number of carbonyl (C=O) groups is 1. The van der Waals surface area contributed by atoms with Crippen LogP contribution in [0.15, 0.2) is 24.4 Å². The second-order valence-electron chi connectivity index (χ2n) is 6.57. The molecule has 2 heterocycles. The third kappa shape index (κ3) is 4.50. The van der Waals surface area contributed by atoms with Crippen molar-refractivity contribution in [3.8, 4) is 0 Å². The summed E-state index contributed by atoms with van der Waals surface area (Å²) in [4.78, 5) is 20.4. The maximum atomic E-state index is 12.3. The Bertz CT molecular complexity index is 513. The third-order valence-corrected chi connectivity index (χ3v) is 4.71. The van der Waals surface area contributed by atoms with Crippen LogP contribution in [0, 0.1) is 5.92 Å². The second kappa shape index (κ2) is 7.38. The van der Waals surface area contributed by atoms with Gasteiger partial charge in [-0.05, 0) is 30.9 Å². The van der Waals surface area contributed by atoms with E-state index in [1.807, 2.05) is 18.2 Å². The fourth-order valence-corrected chi connectivity index (χ4v) is 3.06. The number of carbonyl (C=O) groups excluding carboxylic acids is 1. The van der Waals surface area contributed by atoms with Gasteiger partial charge in [-0.3, -0.25) is 14.7 Å². The van der Waals surface area contributed by atoms with E-state index in [0.29, 0.717) is 25.6 Å². The van der Waals surface area contributed by atoms with Crippen molar-refractivity contribution >= 4 is 5.91 Å². The topological polar surface area (TPSA) is 76.9 Å². The van der Waals surface area contributed by atoms with Gasteiger partial charge < -0.3 is 15.1 Å². The highest BCUT2D eigenvalue weighted by Gasteiger charge is 2.32. The summed E-state index contributed by atoms with van der Waals surface area (Å²) in [6, 6.07) is 5.48. The van der Waals surface area contributed by atoms with Gasteiger partial charge in [-0.25, -0.2) is 0 Å². The lowest BCUT2D eigenvalue weighted by Gasteiger charge is -2.36. The van der Waals surface area contributed by atoms with Crippen LogP contribution in [-0.4, -0.2) is 75.8 Å². The Labute approximate surface area is 136 Å². The molecule has 1 amide bonds. The molecule has 6 heteroatoms. The summed E-state index contributed by atoms with van der Waals surface area (Å²) in [5, 5.41) is 20.1. The van der Waals surface area contributed by atoms with Gasteiger partial charge in [-0.15, -0.1) is 0 Å². The molecule has 1 aromatic heterocycles. The average Bonchev–Trinajstić information content (AvgIpc) is 3.41. The van der Waals surface area contributed by atoms with Crippen molar-refractivity contribution in [3.63, 3.8) is 0 Å². The average molecular weight is 319 g/mol. The van der Waals surface area contributed by atoms with Gasteiger partial charge >= 0.3 is 0 Å². The predicted molar refractivity (Wildman–Crippen MR) is 85.7 cm³/mol. The first-order valence-corrected chi connectivity index (χ1v) is 8.40. The van der Waals surface area contributed by atoms with Crippen molar-refractivity contribution < 1.29 is 15.0 Å². The zero-order valence-electron chi connectivity index (χ0n) is 13.3. The molecule has 126 valence electrons. The van der Waals surface area contributed by atoms with E-state index in [1.54, 1.807) is 11.1 Å². The molecule has 2 atom stereocenters. The zero-order chi connectivity index (χ0) is 16.2. The smallest absolute Gasteiger partial charge is 0.251 e. The Morgan fingerprint density at radius 3 is 2.57 bits per heavy atom. The lowest BCUT2D eigenvalue weighted by atomic mass is 10.1. The SMILES string of the molecule is O=C(C(O)Cc1ccccn1)N1CCN(CC(O)C2CC2)CC1. The summed E-state index contributed by atoms with van der Waals surface area (Å²) in [7, 11) is 0. The standard InChI is InChI=1S/C17H25N3O3/c21-15(11-14-3-1-2-6-18-14)17(23)20-9-7-19(8-10-20)12-16(22)13-4-5-13/h1-3,6,13,15-16,21-22H,4-5,7-12H2. The molecule has 3 rings (SSSR count). The Morgan fingerprint density at radius 2 is 1.96 bits per heavy atom. The molecule has 2 N–H and O–H groups in total. The van der Waals surface area contributed by atoms with Crippen molar-refractivity contribution in [2.75, 3.05) is 32.7 Å². The summed E-state index contributed by atoms with van der Waals surface area (Å²) in [5.74, 6) is 0.257. The van der Waals surface area contributed by atoms with Crippen LogP contribution in [0.2, 0.25) is 0 Å². The van der Waals surface area contributed by atoms with Crippen molar-refractivity contribution in [2.24, 2.45) is 5.92 Å². The highest BCUT2D eigenvalue weighted by molar-refractivity contribution is 5.81.